The topological polar surface area (TPSA) is 75.7 Å². The highest BCUT2D eigenvalue weighted by Gasteiger charge is 2.40. The molecule has 3 aromatic carbocycles. The zero-order chi connectivity index (χ0) is 25.4. The first-order valence-corrected chi connectivity index (χ1v) is 11.6. The van der Waals surface area contributed by atoms with Crippen LogP contribution in [0, 0.1) is 20.8 Å². The molecule has 0 bridgehead atoms. The number of halogens is 3. The average molecular weight is 530 g/mol. The van der Waals surface area contributed by atoms with Gasteiger partial charge in [0.15, 0.2) is 0 Å². The van der Waals surface area contributed by atoms with E-state index in [1.165, 1.54) is 12.1 Å². The van der Waals surface area contributed by atoms with Crippen LogP contribution in [0.2, 0.25) is 10.0 Å². The fourth-order valence-corrected chi connectivity index (χ4v) is 4.17. The van der Waals surface area contributed by atoms with Crippen LogP contribution in [0.4, 0.5) is 11.4 Å². The van der Waals surface area contributed by atoms with Crippen molar-refractivity contribution in [3.63, 3.8) is 0 Å². The summed E-state index contributed by atoms with van der Waals surface area (Å²) in [7, 11) is 0. The van der Waals surface area contributed by atoms with Gasteiger partial charge < -0.3 is 10.1 Å². The van der Waals surface area contributed by atoms with Crippen molar-refractivity contribution in [2.75, 3.05) is 10.2 Å². The van der Waals surface area contributed by atoms with Crippen LogP contribution in [0.25, 0.3) is 0 Å². The molecule has 2 amide bonds. The van der Waals surface area contributed by atoms with Gasteiger partial charge in [-0.25, -0.2) is 9.69 Å². The summed E-state index contributed by atoms with van der Waals surface area (Å²) in [6.45, 7) is 5.78. The Morgan fingerprint density at radius 3 is 2.26 bits per heavy atom. The van der Waals surface area contributed by atoms with Gasteiger partial charge in [0.2, 0.25) is 0 Å². The molecule has 6 nitrogen and oxygen atoms in total. The molecule has 0 radical (unpaired) electrons. The monoisotopic (exact) mass is 528 g/mol. The van der Waals surface area contributed by atoms with Gasteiger partial charge in [0, 0.05) is 10.7 Å². The normalized spacial score (nSPS) is 13.5. The maximum Gasteiger partial charge on any atom is 0.343 e. The molecule has 3 aromatic rings. The zero-order valence-corrected chi connectivity index (χ0v) is 21.2. The summed E-state index contributed by atoms with van der Waals surface area (Å²) < 4.78 is 5.58. The maximum atomic E-state index is 13.0. The van der Waals surface area contributed by atoms with E-state index >= 15 is 0 Å². The third-order valence-electron chi connectivity index (χ3n) is 5.53. The van der Waals surface area contributed by atoms with E-state index in [1.807, 2.05) is 32.9 Å². The molecular formula is C26H19Cl3N2O4. The van der Waals surface area contributed by atoms with Crippen LogP contribution in [0.3, 0.4) is 0 Å². The molecule has 4 rings (SSSR count). The number of carbonyl (C=O) groups is 3. The first-order valence-electron chi connectivity index (χ1n) is 10.5. The van der Waals surface area contributed by atoms with E-state index in [4.69, 9.17) is 39.5 Å². The number of benzene rings is 3. The SMILES string of the molecule is Cc1cc(C)c(C)c(OC(=O)c2ccc(NC3=C(Cl)C(=O)N(c4cc(Cl)ccc4Cl)C3=O)cc2)c1. The first-order chi connectivity index (χ1) is 16.6. The Bertz CT molecular complexity index is 1410. The minimum atomic E-state index is -0.729. The van der Waals surface area contributed by atoms with Gasteiger partial charge in [-0.3, -0.25) is 9.59 Å². The Labute approximate surface area is 217 Å². The van der Waals surface area contributed by atoms with Gasteiger partial charge in [0.25, 0.3) is 11.8 Å². The largest absolute Gasteiger partial charge is 0.423 e. The van der Waals surface area contributed by atoms with Gasteiger partial charge in [-0.1, -0.05) is 40.9 Å². The molecule has 0 saturated heterocycles. The smallest absolute Gasteiger partial charge is 0.343 e. The van der Waals surface area contributed by atoms with Crippen molar-refractivity contribution >= 4 is 64.0 Å². The van der Waals surface area contributed by atoms with Gasteiger partial charge in [0.1, 0.15) is 16.5 Å². The number of imide groups is 1. The highest BCUT2D eigenvalue weighted by Crippen LogP contribution is 2.36. The van der Waals surface area contributed by atoms with Crippen LogP contribution >= 0.6 is 34.8 Å². The highest BCUT2D eigenvalue weighted by molar-refractivity contribution is 6.54. The molecule has 35 heavy (non-hydrogen) atoms. The minimum absolute atomic E-state index is 0.117. The molecule has 1 N–H and O–H groups in total. The standard InChI is InChI=1S/C26H19Cl3N2O4/c1-13-10-14(2)15(3)21(11-13)35-26(34)16-4-7-18(8-5-16)30-23-22(29)24(32)31(25(23)33)20-12-17(27)6-9-19(20)28/h4-12,30H,1-3H3. The molecule has 0 saturated carbocycles. The van der Waals surface area contributed by atoms with Crippen molar-refractivity contribution in [2.24, 2.45) is 0 Å². The molecule has 0 spiro atoms. The van der Waals surface area contributed by atoms with E-state index in [9.17, 15) is 14.4 Å². The van der Waals surface area contributed by atoms with Crippen LogP contribution in [0.15, 0.2) is 65.3 Å². The fourth-order valence-electron chi connectivity index (χ4n) is 3.59. The lowest BCUT2D eigenvalue weighted by molar-refractivity contribution is -0.120. The summed E-state index contributed by atoms with van der Waals surface area (Å²) in [5.74, 6) is -1.43. The molecule has 1 heterocycles. The number of esters is 1. The number of amides is 2. The quantitative estimate of drug-likeness (QED) is 0.230. The summed E-state index contributed by atoms with van der Waals surface area (Å²) in [6, 6.07) is 14.5. The number of aryl methyl sites for hydroxylation is 2. The lowest BCUT2D eigenvalue weighted by Gasteiger charge is -2.17. The lowest BCUT2D eigenvalue weighted by Crippen LogP contribution is -2.32. The van der Waals surface area contributed by atoms with Gasteiger partial charge in [-0.15, -0.1) is 0 Å². The maximum absolute atomic E-state index is 13.0. The summed E-state index contributed by atoms with van der Waals surface area (Å²) in [5.41, 5.74) is 3.68. The number of nitrogens with one attached hydrogen (secondary N) is 1. The van der Waals surface area contributed by atoms with Gasteiger partial charge in [-0.05, 0) is 86.0 Å². The van der Waals surface area contributed by atoms with Crippen molar-refractivity contribution in [1.29, 1.82) is 0 Å². The van der Waals surface area contributed by atoms with Crippen LogP contribution in [-0.4, -0.2) is 17.8 Å². The second-order valence-electron chi connectivity index (χ2n) is 8.03. The Morgan fingerprint density at radius 2 is 1.57 bits per heavy atom. The molecule has 0 aromatic heterocycles. The molecule has 0 unspecified atom stereocenters. The van der Waals surface area contributed by atoms with Crippen molar-refractivity contribution in [2.45, 2.75) is 20.8 Å². The van der Waals surface area contributed by atoms with E-state index < -0.39 is 17.8 Å². The molecule has 0 aliphatic carbocycles. The second kappa shape index (κ2) is 9.74. The Balaban J connectivity index is 1.51. The third-order valence-corrected chi connectivity index (χ3v) is 6.44. The Hall–Kier alpha value is -3.32. The van der Waals surface area contributed by atoms with Crippen LogP contribution < -0.4 is 15.0 Å². The average Bonchev–Trinajstić information content (AvgIpc) is 3.02. The molecule has 1 aliphatic rings. The van der Waals surface area contributed by atoms with E-state index in [1.54, 1.807) is 30.3 Å². The van der Waals surface area contributed by atoms with Gasteiger partial charge in [0.05, 0.1) is 16.3 Å². The summed E-state index contributed by atoms with van der Waals surface area (Å²) in [4.78, 5) is 39.2. The van der Waals surface area contributed by atoms with Crippen LogP contribution in [0.5, 0.6) is 5.75 Å². The zero-order valence-electron chi connectivity index (χ0n) is 18.9. The Kier molecular flexibility index (Phi) is 6.90. The highest BCUT2D eigenvalue weighted by atomic mass is 35.5. The van der Waals surface area contributed by atoms with Crippen LogP contribution in [-0.2, 0) is 9.59 Å². The van der Waals surface area contributed by atoms with Crippen LogP contribution in [0.1, 0.15) is 27.0 Å². The summed E-state index contributed by atoms with van der Waals surface area (Å²) in [6.07, 6.45) is 0. The number of hydrogen-bond acceptors (Lipinski definition) is 5. The van der Waals surface area contributed by atoms with Crippen molar-refractivity contribution in [1.82, 2.24) is 0 Å². The lowest BCUT2D eigenvalue weighted by atomic mass is 10.1. The minimum Gasteiger partial charge on any atom is -0.423 e. The van der Waals surface area contributed by atoms with E-state index in [2.05, 4.69) is 5.32 Å². The van der Waals surface area contributed by atoms with Gasteiger partial charge >= 0.3 is 5.97 Å². The number of nitrogens with zero attached hydrogens (tertiary/aromatic N) is 1. The van der Waals surface area contributed by atoms with E-state index in [-0.39, 0.29) is 21.4 Å². The molecule has 0 fully saturated rings. The molecule has 0 atom stereocenters. The number of anilines is 2. The number of hydrogen-bond donors (Lipinski definition) is 1. The van der Waals surface area contributed by atoms with E-state index in [0.717, 1.165) is 21.6 Å². The summed E-state index contributed by atoms with van der Waals surface area (Å²) >= 11 is 18.3. The number of ether oxygens (including phenoxy) is 1. The van der Waals surface area contributed by atoms with Crippen molar-refractivity contribution < 1.29 is 19.1 Å². The van der Waals surface area contributed by atoms with E-state index in [0.29, 0.717) is 22.0 Å². The first kappa shape index (κ1) is 24.8. The summed E-state index contributed by atoms with van der Waals surface area (Å²) in [5, 5.41) is 3.04. The second-order valence-corrected chi connectivity index (χ2v) is 9.25. The predicted molar refractivity (Wildman–Crippen MR) is 138 cm³/mol. The third kappa shape index (κ3) is 4.91. The molecule has 178 valence electrons. The van der Waals surface area contributed by atoms with Crippen molar-refractivity contribution in [3.05, 3.63) is 97.6 Å². The molecular weight excluding hydrogens is 511 g/mol. The number of carbonyl (C=O) groups excluding carboxylic acids is 3. The molecule has 1 aliphatic heterocycles. The number of rotatable bonds is 5. The Morgan fingerprint density at radius 1 is 0.886 bits per heavy atom. The van der Waals surface area contributed by atoms with Gasteiger partial charge in [-0.2, -0.15) is 0 Å². The van der Waals surface area contributed by atoms with Crippen molar-refractivity contribution in [3.8, 4) is 5.75 Å². The fraction of sp³-hybridized carbons (Fsp3) is 0.115. The predicted octanol–water partition coefficient (Wildman–Crippen LogP) is 6.57. The molecule has 9 heteroatoms.